The van der Waals surface area contributed by atoms with Gasteiger partial charge in [-0.05, 0) is 6.42 Å². The summed E-state index contributed by atoms with van der Waals surface area (Å²) in [6.45, 7) is 2.35. The molecule has 0 aliphatic carbocycles. The minimum absolute atomic E-state index is 0.0140. The number of hydrogen-bond acceptors (Lipinski definition) is 4. The number of nitrogens with one attached hydrogen (secondary N) is 1. The van der Waals surface area contributed by atoms with Crippen molar-refractivity contribution in [2.24, 2.45) is 0 Å². The summed E-state index contributed by atoms with van der Waals surface area (Å²) in [7, 11) is 0. The molecule has 0 spiro atoms. The van der Waals surface area contributed by atoms with Gasteiger partial charge in [0.1, 0.15) is 6.61 Å². The van der Waals surface area contributed by atoms with Crippen molar-refractivity contribution in [2.45, 2.75) is 19.4 Å². The maximum absolute atomic E-state index is 11.3. The molecule has 0 aromatic heterocycles. The summed E-state index contributed by atoms with van der Waals surface area (Å²) in [4.78, 5) is 23.6. The van der Waals surface area contributed by atoms with Crippen LogP contribution in [0.3, 0.4) is 0 Å². The zero-order valence-corrected chi connectivity index (χ0v) is 8.73. The Morgan fingerprint density at radius 3 is 2.93 bits per heavy atom. The quantitative estimate of drug-likeness (QED) is 0.655. The van der Waals surface area contributed by atoms with Crippen LogP contribution in [0.15, 0.2) is 0 Å². The molecule has 2 amide bonds. The van der Waals surface area contributed by atoms with Gasteiger partial charge in [-0.3, -0.25) is 4.79 Å². The normalized spacial score (nSPS) is 20.1. The SMILES string of the molecule is CC(=O)NC1CCN(C(=O)OCCO)C1. The summed E-state index contributed by atoms with van der Waals surface area (Å²) in [6, 6.07) is 0.0178. The van der Waals surface area contributed by atoms with Crippen molar-refractivity contribution in [3.05, 3.63) is 0 Å². The maximum Gasteiger partial charge on any atom is 0.409 e. The van der Waals surface area contributed by atoms with Crippen molar-refractivity contribution in [1.82, 2.24) is 10.2 Å². The van der Waals surface area contributed by atoms with Crippen LogP contribution in [0.5, 0.6) is 0 Å². The van der Waals surface area contributed by atoms with Gasteiger partial charge in [0, 0.05) is 26.1 Å². The van der Waals surface area contributed by atoms with Crippen molar-refractivity contribution < 1.29 is 19.4 Å². The molecule has 15 heavy (non-hydrogen) atoms. The van der Waals surface area contributed by atoms with E-state index < -0.39 is 6.09 Å². The minimum atomic E-state index is -0.433. The maximum atomic E-state index is 11.3. The lowest BCUT2D eigenvalue weighted by molar-refractivity contribution is -0.119. The van der Waals surface area contributed by atoms with Crippen LogP contribution < -0.4 is 5.32 Å². The van der Waals surface area contributed by atoms with Gasteiger partial charge in [-0.2, -0.15) is 0 Å². The van der Waals surface area contributed by atoms with Crippen LogP contribution >= 0.6 is 0 Å². The van der Waals surface area contributed by atoms with Crippen LogP contribution in [-0.2, 0) is 9.53 Å². The van der Waals surface area contributed by atoms with Gasteiger partial charge in [0.2, 0.25) is 5.91 Å². The Bertz CT molecular complexity index is 244. The Balaban J connectivity index is 2.29. The highest BCUT2D eigenvalue weighted by Gasteiger charge is 2.27. The number of rotatable bonds is 3. The van der Waals surface area contributed by atoms with Gasteiger partial charge in [0.15, 0.2) is 0 Å². The third-order valence-electron chi connectivity index (χ3n) is 2.17. The van der Waals surface area contributed by atoms with E-state index in [4.69, 9.17) is 9.84 Å². The topological polar surface area (TPSA) is 78.9 Å². The van der Waals surface area contributed by atoms with E-state index in [9.17, 15) is 9.59 Å². The number of carbonyl (C=O) groups excluding carboxylic acids is 2. The second-order valence-electron chi connectivity index (χ2n) is 3.47. The van der Waals surface area contributed by atoms with E-state index in [0.29, 0.717) is 13.1 Å². The van der Waals surface area contributed by atoms with E-state index in [0.717, 1.165) is 6.42 Å². The van der Waals surface area contributed by atoms with E-state index in [-0.39, 0.29) is 25.2 Å². The first-order valence-corrected chi connectivity index (χ1v) is 4.93. The summed E-state index contributed by atoms with van der Waals surface area (Å²) in [5.74, 6) is -0.0921. The molecule has 1 unspecified atom stereocenters. The molecule has 1 rings (SSSR count). The van der Waals surface area contributed by atoms with E-state index >= 15 is 0 Å². The molecular weight excluding hydrogens is 200 g/mol. The monoisotopic (exact) mass is 216 g/mol. The molecule has 0 aromatic carbocycles. The fourth-order valence-electron chi connectivity index (χ4n) is 1.56. The molecule has 1 saturated heterocycles. The second kappa shape index (κ2) is 5.55. The largest absolute Gasteiger partial charge is 0.447 e. The Hall–Kier alpha value is -1.30. The number of hydrogen-bond donors (Lipinski definition) is 2. The number of nitrogens with zero attached hydrogens (tertiary/aromatic N) is 1. The molecule has 2 N–H and O–H groups in total. The third-order valence-corrected chi connectivity index (χ3v) is 2.17. The highest BCUT2D eigenvalue weighted by Crippen LogP contribution is 2.10. The molecule has 0 aromatic rings. The van der Waals surface area contributed by atoms with E-state index in [2.05, 4.69) is 5.32 Å². The van der Waals surface area contributed by atoms with E-state index in [1.54, 1.807) is 0 Å². The predicted molar refractivity (Wildman–Crippen MR) is 52.2 cm³/mol. The Morgan fingerprint density at radius 1 is 1.60 bits per heavy atom. The van der Waals surface area contributed by atoms with Gasteiger partial charge in [-0.1, -0.05) is 0 Å². The number of carbonyl (C=O) groups is 2. The smallest absolute Gasteiger partial charge is 0.409 e. The first-order valence-electron chi connectivity index (χ1n) is 4.93. The van der Waals surface area contributed by atoms with Gasteiger partial charge >= 0.3 is 6.09 Å². The van der Waals surface area contributed by atoms with Gasteiger partial charge in [0.25, 0.3) is 0 Å². The van der Waals surface area contributed by atoms with Gasteiger partial charge in [-0.15, -0.1) is 0 Å². The van der Waals surface area contributed by atoms with Gasteiger partial charge in [0.05, 0.1) is 6.61 Å². The predicted octanol–water partition coefficient (Wildman–Crippen LogP) is -0.674. The lowest BCUT2D eigenvalue weighted by Gasteiger charge is -2.16. The molecular formula is C9H16N2O4. The molecule has 86 valence electrons. The molecule has 1 heterocycles. The molecule has 1 fully saturated rings. The van der Waals surface area contributed by atoms with Crippen LogP contribution in [0, 0.1) is 0 Å². The number of likely N-dealkylation sites (tertiary alicyclic amines) is 1. The van der Waals surface area contributed by atoms with Crippen LogP contribution in [0.2, 0.25) is 0 Å². The van der Waals surface area contributed by atoms with Gasteiger partial charge in [-0.25, -0.2) is 4.79 Å². The fourth-order valence-corrected chi connectivity index (χ4v) is 1.56. The summed E-state index contributed by atoms with van der Waals surface area (Å²) in [6.07, 6.45) is 0.310. The first kappa shape index (κ1) is 11.8. The number of amides is 2. The van der Waals surface area contributed by atoms with E-state index in [1.807, 2.05) is 0 Å². The van der Waals surface area contributed by atoms with Crippen LogP contribution in [0.4, 0.5) is 4.79 Å². The average Bonchev–Trinajstić information content (AvgIpc) is 2.61. The molecule has 6 heteroatoms. The molecule has 1 aliphatic heterocycles. The second-order valence-corrected chi connectivity index (χ2v) is 3.47. The number of aliphatic hydroxyl groups is 1. The Kier molecular flexibility index (Phi) is 4.36. The number of aliphatic hydroxyl groups excluding tert-OH is 1. The summed E-state index contributed by atoms with van der Waals surface area (Å²) in [5, 5.41) is 11.2. The molecule has 1 atom stereocenters. The van der Waals surface area contributed by atoms with Crippen LogP contribution in [0.25, 0.3) is 0 Å². The Morgan fingerprint density at radius 2 is 2.33 bits per heavy atom. The van der Waals surface area contributed by atoms with Crippen molar-refractivity contribution >= 4 is 12.0 Å². The molecule has 1 aliphatic rings. The molecule has 0 radical (unpaired) electrons. The van der Waals surface area contributed by atoms with Crippen molar-refractivity contribution in [1.29, 1.82) is 0 Å². The summed E-state index contributed by atoms with van der Waals surface area (Å²) >= 11 is 0. The minimum Gasteiger partial charge on any atom is -0.447 e. The molecule has 6 nitrogen and oxygen atoms in total. The molecule has 0 bridgehead atoms. The Labute approximate surface area is 88.2 Å². The lowest BCUT2D eigenvalue weighted by Crippen LogP contribution is -2.37. The van der Waals surface area contributed by atoms with Crippen molar-refractivity contribution in [3.63, 3.8) is 0 Å². The highest BCUT2D eigenvalue weighted by atomic mass is 16.6. The molecule has 0 saturated carbocycles. The number of ether oxygens (including phenoxy) is 1. The van der Waals surface area contributed by atoms with E-state index in [1.165, 1.54) is 11.8 Å². The standard InChI is InChI=1S/C9H16N2O4/c1-7(13)10-8-2-3-11(6-8)9(14)15-5-4-12/h8,12H,2-6H2,1H3,(H,10,13). The highest BCUT2D eigenvalue weighted by molar-refractivity contribution is 5.73. The first-order chi connectivity index (χ1) is 7.13. The zero-order chi connectivity index (χ0) is 11.3. The average molecular weight is 216 g/mol. The fraction of sp³-hybridized carbons (Fsp3) is 0.778. The zero-order valence-electron chi connectivity index (χ0n) is 8.73. The van der Waals surface area contributed by atoms with Crippen molar-refractivity contribution in [3.8, 4) is 0 Å². The van der Waals surface area contributed by atoms with Crippen LogP contribution in [-0.4, -0.2) is 54.4 Å². The summed E-state index contributed by atoms with van der Waals surface area (Å²) < 4.78 is 4.75. The van der Waals surface area contributed by atoms with Crippen molar-refractivity contribution in [2.75, 3.05) is 26.3 Å². The third kappa shape index (κ3) is 3.75. The lowest BCUT2D eigenvalue weighted by atomic mass is 10.3. The van der Waals surface area contributed by atoms with Crippen LogP contribution in [0.1, 0.15) is 13.3 Å². The van der Waals surface area contributed by atoms with Gasteiger partial charge < -0.3 is 20.1 Å². The summed E-state index contributed by atoms with van der Waals surface area (Å²) in [5.41, 5.74) is 0.